The third-order valence-corrected chi connectivity index (χ3v) is 1.32. The van der Waals surface area contributed by atoms with Crippen LogP contribution in [-0.4, -0.2) is 36.2 Å². The van der Waals surface area contributed by atoms with E-state index in [-0.39, 0.29) is 6.61 Å². The predicted octanol–water partition coefficient (Wildman–Crippen LogP) is -0.475. The minimum Gasteiger partial charge on any atom is -0.783 e. The van der Waals surface area contributed by atoms with Crippen molar-refractivity contribution in [1.82, 2.24) is 5.06 Å². The van der Waals surface area contributed by atoms with E-state index < -0.39 is 6.23 Å². The fourth-order valence-corrected chi connectivity index (χ4v) is 0.844. The summed E-state index contributed by atoms with van der Waals surface area (Å²) >= 11 is 0. The third-order valence-electron chi connectivity index (χ3n) is 1.32. The van der Waals surface area contributed by atoms with Gasteiger partial charge >= 0.3 is 0 Å². The fraction of sp³-hybridized carbons (Fsp3) is 1.00. The van der Waals surface area contributed by atoms with Crippen LogP contribution in [0, 0.1) is 5.21 Å². The molecule has 0 saturated carbocycles. The molecule has 0 aromatic rings. The highest BCUT2D eigenvalue weighted by atomic mass is 16.6. The molecular formula is C5H10NO3-. The van der Waals surface area contributed by atoms with Gasteiger partial charge in [-0.1, -0.05) is 0 Å². The number of ether oxygens (including phenoxy) is 1. The number of nitrogens with zero attached hydrogens (tertiary/aromatic N) is 1. The first-order valence-corrected chi connectivity index (χ1v) is 3.01. The van der Waals surface area contributed by atoms with Crippen molar-refractivity contribution in [3.8, 4) is 0 Å². The standard InChI is InChI=1S/C5H10NO3/c7-3-1-5-6(8)2-4-9-5/h5,7H,1-4H2/q-1. The van der Waals surface area contributed by atoms with E-state index in [9.17, 15) is 5.21 Å². The number of hydrogen-bond acceptors (Lipinski definition) is 4. The highest BCUT2D eigenvalue weighted by Gasteiger charge is 2.15. The molecule has 1 aliphatic heterocycles. The molecule has 1 heterocycles. The Kier molecular flexibility index (Phi) is 2.41. The number of rotatable bonds is 2. The molecule has 1 saturated heterocycles. The molecule has 54 valence electrons. The van der Waals surface area contributed by atoms with Gasteiger partial charge in [0.05, 0.1) is 6.61 Å². The lowest BCUT2D eigenvalue weighted by Gasteiger charge is -2.27. The lowest BCUT2D eigenvalue weighted by Crippen LogP contribution is -2.24. The van der Waals surface area contributed by atoms with Crippen LogP contribution in [-0.2, 0) is 4.74 Å². The van der Waals surface area contributed by atoms with Crippen LogP contribution in [0.4, 0.5) is 0 Å². The topological polar surface area (TPSA) is 55.8 Å². The molecule has 1 rings (SSSR count). The SMILES string of the molecule is [O-]N1CCOC1CCO. The van der Waals surface area contributed by atoms with Gasteiger partial charge in [0.15, 0.2) is 0 Å². The van der Waals surface area contributed by atoms with Crippen LogP contribution in [0.3, 0.4) is 0 Å². The maximum atomic E-state index is 10.6. The van der Waals surface area contributed by atoms with E-state index >= 15 is 0 Å². The molecule has 0 bridgehead atoms. The molecule has 1 unspecified atom stereocenters. The summed E-state index contributed by atoms with van der Waals surface area (Å²) in [6, 6.07) is 0. The van der Waals surface area contributed by atoms with Gasteiger partial charge in [-0.05, 0) is 0 Å². The highest BCUT2D eigenvalue weighted by Crippen LogP contribution is 2.09. The van der Waals surface area contributed by atoms with E-state index in [1.54, 1.807) is 0 Å². The summed E-state index contributed by atoms with van der Waals surface area (Å²) in [5.41, 5.74) is 0. The molecule has 0 aromatic heterocycles. The lowest BCUT2D eigenvalue weighted by atomic mass is 10.4. The smallest absolute Gasteiger partial charge is 0.101 e. The molecule has 0 spiro atoms. The number of hydroxylamine groups is 2. The van der Waals surface area contributed by atoms with E-state index in [2.05, 4.69) is 0 Å². The van der Waals surface area contributed by atoms with Crippen molar-refractivity contribution in [3.05, 3.63) is 5.21 Å². The Morgan fingerprint density at radius 3 is 3.00 bits per heavy atom. The van der Waals surface area contributed by atoms with Crippen LogP contribution in [0.5, 0.6) is 0 Å². The second-order valence-electron chi connectivity index (χ2n) is 1.98. The summed E-state index contributed by atoms with van der Waals surface area (Å²) in [6.45, 7) is 0.947. The van der Waals surface area contributed by atoms with Gasteiger partial charge < -0.3 is 20.1 Å². The molecule has 1 atom stereocenters. The summed E-state index contributed by atoms with van der Waals surface area (Å²) in [4.78, 5) is 0. The first-order valence-electron chi connectivity index (χ1n) is 3.01. The molecule has 0 aliphatic carbocycles. The van der Waals surface area contributed by atoms with Gasteiger partial charge in [0, 0.05) is 19.6 Å². The maximum Gasteiger partial charge on any atom is 0.101 e. The van der Waals surface area contributed by atoms with Crippen molar-refractivity contribution in [3.63, 3.8) is 0 Å². The van der Waals surface area contributed by atoms with Gasteiger partial charge in [-0.15, -0.1) is 0 Å². The van der Waals surface area contributed by atoms with Gasteiger partial charge in [-0.3, -0.25) is 0 Å². The lowest BCUT2D eigenvalue weighted by molar-refractivity contribution is 0.0342. The van der Waals surface area contributed by atoms with Crippen LogP contribution in [0.15, 0.2) is 0 Å². The summed E-state index contributed by atoms with van der Waals surface area (Å²) < 4.78 is 4.96. The van der Waals surface area contributed by atoms with Crippen LogP contribution < -0.4 is 0 Å². The zero-order valence-electron chi connectivity index (χ0n) is 5.12. The number of aliphatic hydroxyl groups is 1. The van der Waals surface area contributed by atoms with Gasteiger partial charge in [0.25, 0.3) is 0 Å². The Morgan fingerprint density at radius 1 is 1.78 bits per heavy atom. The van der Waals surface area contributed by atoms with E-state index in [0.29, 0.717) is 19.6 Å². The minimum atomic E-state index is -0.394. The average molecular weight is 132 g/mol. The Balaban J connectivity index is 2.22. The van der Waals surface area contributed by atoms with Crippen LogP contribution >= 0.6 is 0 Å². The molecule has 0 amide bonds. The Morgan fingerprint density at radius 2 is 2.56 bits per heavy atom. The quantitative estimate of drug-likeness (QED) is 0.551. The monoisotopic (exact) mass is 132 g/mol. The molecule has 9 heavy (non-hydrogen) atoms. The van der Waals surface area contributed by atoms with Crippen molar-refractivity contribution >= 4 is 0 Å². The second-order valence-corrected chi connectivity index (χ2v) is 1.98. The molecule has 1 N–H and O–H groups in total. The molecular weight excluding hydrogens is 122 g/mol. The van der Waals surface area contributed by atoms with Crippen LogP contribution in [0.2, 0.25) is 0 Å². The van der Waals surface area contributed by atoms with E-state index in [0.717, 1.165) is 5.06 Å². The van der Waals surface area contributed by atoms with E-state index in [1.807, 2.05) is 0 Å². The summed E-state index contributed by atoms with van der Waals surface area (Å²) in [7, 11) is 0. The molecule has 1 fully saturated rings. The average Bonchev–Trinajstić information content (AvgIpc) is 2.18. The maximum absolute atomic E-state index is 10.6. The fourth-order valence-electron chi connectivity index (χ4n) is 0.844. The summed E-state index contributed by atoms with van der Waals surface area (Å²) in [5.74, 6) is 0. The van der Waals surface area contributed by atoms with Crippen molar-refractivity contribution < 1.29 is 9.84 Å². The highest BCUT2D eigenvalue weighted by molar-refractivity contribution is 4.68. The third kappa shape index (κ3) is 1.62. The molecule has 0 aromatic carbocycles. The Labute approximate surface area is 53.6 Å². The van der Waals surface area contributed by atoms with Crippen molar-refractivity contribution in [2.24, 2.45) is 0 Å². The van der Waals surface area contributed by atoms with Crippen molar-refractivity contribution in [2.45, 2.75) is 12.6 Å². The largest absolute Gasteiger partial charge is 0.783 e. The van der Waals surface area contributed by atoms with E-state index in [4.69, 9.17) is 9.84 Å². The van der Waals surface area contributed by atoms with Gasteiger partial charge in [0.2, 0.25) is 0 Å². The van der Waals surface area contributed by atoms with Crippen LogP contribution in [0.1, 0.15) is 6.42 Å². The zero-order valence-corrected chi connectivity index (χ0v) is 5.12. The normalized spacial score (nSPS) is 29.3. The number of aliphatic hydroxyl groups excluding tert-OH is 1. The Bertz CT molecular complexity index is 88.3. The minimum absolute atomic E-state index is 0.0173. The molecule has 0 radical (unpaired) electrons. The van der Waals surface area contributed by atoms with Crippen molar-refractivity contribution in [1.29, 1.82) is 0 Å². The Hall–Kier alpha value is -0.160. The predicted molar refractivity (Wildman–Crippen MR) is 31.5 cm³/mol. The zero-order chi connectivity index (χ0) is 6.69. The molecule has 4 nitrogen and oxygen atoms in total. The molecule has 4 heteroatoms. The second kappa shape index (κ2) is 3.12. The summed E-state index contributed by atoms with van der Waals surface area (Å²) in [6.07, 6.45) is 0.0266. The van der Waals surface area contributed by atoms with Crippen LogP contribution in [0.25, 0.3) is 0 Å². The van der Waals surface area contributed by atoms with Gasteiger partial charge in [-0.25, -0.2) is 0 Å². The first-order chi connectivity index (χ1) is 4.34. The van der Waals surface area contributed by atoms with Crippen molar-refractivity contribution in [2.75, 3.05) is 19.8 Å². The van der Waals surface area contributed by atoms with Gasteiger partial charge in [0.1, 0.15) is 6.23 Å². The number of hydrogen-bond donors (Lipinski definition) is 1. The summed E-state index contributed by atoms with van der Waals surface area (Å²) in [5, 5.41) is 19.9. The van der Waals surface area contributed by atoms with E-state index in [1.165, 1.54) is 0 Å². The van der Waals surface area contributed by atoms with Gasteiger partial charge in [-0.2, -0.15) is 0 Å². The first kappa shape index (κ1) is 6.95. The molecule has 1 aliphatic rings.